The van der Waals surface area contributed by atoms with Gasteiger partial charge in [0.25, 0.3) is 0 Å². The van der Waals surface area contributed by atoms with Crippen molar-refractivity contribution in [2.24, 2.45) is 11.8 Å². The van der Waals surface area contributed by atoms with Crippen LogP contribution in [0, 0.1) is 11.8 Å². The Morgan fingerprint density at radius 3 is 2.24 bits per heavy atom. The molecule has 0 aromatic heterocycles. The van der Waals surface area contributed by atoms with E-state index in [-0.39, 0.29) is 12.1 Å². The largest absolute Gasteiger partial charge is 0.460 e. The molecule has 0 aliphatic carbocycles. The van der Waals surface area contributed by atoms with Crippen molar-refractivity contribution in [1.82, 2.24) is 0 Å². The molecule has 0 spiro atoms. The van der Waals surface area contributed by atoms with Crippen molar-refractivity contribution in [1.29, 1.82) is 0 Å². The van der Waals surface area contributed by atoms with Crippen molar-refractivity contribution >= 4 is 5.97 Å². The highest BCUT2D eigenvalue weighted by atomic mass is 16.5. The van der Waals surface area contributed by atoms with Crippen LogP contribution in [0.3, 0.4) is 0 Å². The van der Waals surface area contributed by atoms with Crippen LogP contribution < -0.4 is 0 Å². The number of hydrogen-bond acceptors (Lipinski definition) is 2. The lowest BCUT2D eigenvalue weighted by molar-refractivity contribution is -0.141. The standard InChI is InChI=1S/C19H34O2/c1-7-16(4)12-13-17(5)10-8-9-11-18(6)14-19(20)21-15(2)3/h9,11,14-17H,7-8,10,12-13H2,1-6H3. The molecule has 0 bridgehead atoms. The van der Waals surface area contributed by atoms with E-state index in [0.29, 0.717) is 0 Å². The Kier molecular flexibility index (Phi) is 11.0. The second-order valence-corrected chi connectivity index (χ2v) is 6.55. The molecule has 2 unspecified atom stereocenters. The summed E-state index contributed by atoms with van der Waals surface area (Å²) in [5.41, 5.74) is 0.952. The molecular weight excluding hydrogens is 260 g/mol. The van der Waals surface area contributed by atoms with Crippen LogP contribution >= 0.6 is 0 Å². The maximum Gasteiger partial charge on any atom is 0.331 e. The molecule has 0 aromatic carbocycles. The molecule has 0 aromatic rings. The zero-order valence-electron chi connectivity index (χ0n) is 14.8. The fourth-order valence-corrected chi connectivity index (χ4v) is 2.07. The normalized spacial score (nSPS) is 15.5. The summed E-state index contributed by atoms with van der Waals surface area (Å²) in [4.78, 5) is 11.4. The van der Waals surface area contributed by atoms with E-state index in [1.165, 1.54) is 25.7 Å². The van der Waals surface area contributed by atoms with Gasteiger partial charge in [0.15, 0.2) is 0 Å². The maximum absolute atomic E-state index is 11.4. The summed E-state index contributed by atoms with van der Waals surface area (Å²) >= 11 is 0. The van der Waals surface area contributed by atoms with Gasteiger partial charge in [0.2, 0.25) is 0 Å². The molecule has 0 aliphatic heterocycles. The van der Waals surface area contributed by atoms with Gasteiger partial charge in [0, 0.05) is 6.08 Å². The molecule has 122 valence electrons. The molecule has 0 rings (SSSR count). The van der Waals surface area contributed by atoms with Crippen LogP contribution in [0.25, 0.3) is 0 Å². The zero-order valence-corrected chi connectivity index (χ0v) is 14.8. The lowest BCUT2D eigenvalue weighted by Crippen LogP contribution is -2.08. The van der Waals surface area contributed by atoms with Gasteiger partial charge in [-0.2, -0.15) is 0 Å². The molecule has 2 atom stereocenters. The topological polar surface area (TPSA) is 26.3 Å². The molecule has 0 aliphatic rings. The van der Waals surface area contributed by atoms with Gasteiger partial charge in [-0.15, -0.1) is 0 Å². The molecule has 21 heavy (non-hydrogen) atoms. The summed E-state index contributed by atoms with van der Waals surface area (Å²) in [7, 11) is 0. The monoisotopic (exact) mass is 294 g/mol. The van der Waals surface area contributed by atoms with Gasteiger partial charge in [0.05, 0.1) is 6.10 Å². The highest BCUT2D eigenvalue weighted by molar-refractivity contribution is 5.83. The van der Waals surface area contributed by atoms with Gasteiger partial charge in [-0.25, -0.2) is 4.79 Å². The Morgan fingerprint density at radius 2 is 1.67 bits per heavy atom. The SMILES string of the molecule is CCC(C)CCC(C)CCC=CC(C)=CC(=O)OC(C)C. The Balaban J connectivity index is 3.94. The lowest BCUT2D eigenvalue weighted by atomic mass is 9.93. The number of hydrogen-bond donors (Lipinski definition) is 0. The van der Waals surface area contributed by atoms with Crippen LogP contribution in [0.1, 0.15) is 73.6 Å². The van der Waals surface area contributed by atoms with E-state index < -0.39 is 0 Å². The summed E-state index contributed by atoms with van der Waals surface area (Å²) in [5.74, 6) is 1.37. The van der Waals surface area contributed by atoms with Gasteiger partial charge in [0.1, 0.15) is 0 Å². The first-order valence-electron chi connectivity index (χ1n) is 8.40. The van der Waals surface area contributed by atoms with Gasteiger partial charge >= 0.3 is 5.97 Å². The minimum atomic E-state index is -0.255. The highest BCUT2D eigenvalue weighted by Gasteiger charge is 2.04. The smallest absolute Gasteiger partial charge is 0.331 e. The van der Waals surface area contributed by atoms with Crippen LogP contribution in [0.5, 0.6) is 0 Å². The highest BCUT2D eigenvalue weighted by Crippen LogP contribution is 2.18. The molecular formula is C19H34O2. The number of esters is 1. The van der Waals surface area contributed by atoms with Crippen molar-refractivity contribution < 1.29 is 9.53 Å². The van der Waals surface area contributed by atoms with Crippen molar-refractivity contribution in [3.05, 3.63) is 23.8 Å². The average Bonchev–Trinajstić information content (AvgIpc) is 2.39. The molecule has 0 amide bonds. The van der Waals surface area contributed by atoms with Crippen molar-refractivity contribution in [3.8, 4) is 0 Å². The maximum atomic E-state index is 11.4. The van der Waals surface area contributed by atoms with E-state index in [0.717, 1.165) is 23.8 Å². The Morgan fingerprint density at radius 1 is 1.05 bits per heavy atom. The van der Waals surface area contributed by atoms with Crippen LogP contribution in [0.4, 0.5) is 0 Å². The number of carbonyl (C=O) groups excluding carboxylic acids is 1. The van der Waals surface area contributed by atoms with E-state index >= 15 is 0 Å². The lowest BCUT2D eigenvalue weighted by Gasteiger charge is -2.13. The zero-order chi connectivity index (χ0) is 16.3. The van der Waals surface area contributed by atoms with Crippen LogP contribution in [-0.4, -0.2) is 12.1 Å². The van der Waals surface area contributed by atoms with Crippen LogP contribution in [0.2, 0.25) is 0 Å². The Bertz CT molecular complexity index is 339. The summed E-state index contributed by atoms with van der Waals surface area (Å²) < 4.78 is 5.08. The fourth-order valence-electron chi connectivity index (χ4n) is 2.07. The first-order valence-corrected chi connectivity index (χ1v) is 8.40. The Labute approximate surface area is 131 Å². The van der Waals surface area contributed by atoms with Gasteiger partial charge in [-0.1, -0.05) is 52.2 Å². The van der Waals surface area contributed by atoms with E-state index in [1.807, 2.05) is 26.8 Å². The summed E-state index contributed by atoms with van der Waals surface area (Å²) in [6, 6.07) is 0. The predicted octanol–water partition coefficient (Wildman–Crippen LogP) is 5.68. The minimum Gasteiger partial charge on any atom is -0.460 e. The Hall–Kier alpha value is -1.05. The first-order chi connectivity index (χ1) is 9.85. The number of rotatable bonds is 10. The van der Waals surface area contributed by atoms with Crippen molar-refractivity contribution in [2.75, 3.05) is 0 Å². The van der Waals surface area contributed by atoms with E-state index in [9.17, 15) is 4.79 Å². The van der Waals surface area contributed by atoms with E-state index in [4.69, 9.17) is 4.74 Å². The third-order valence-corrected chi connectivity index (χ3v) is 3.75. The van der Waals surface area contributed by atoms with Gasteiger partial charge in [-0.05, 0) is 51.0 Å². The van der Waals surface area contributed by atoms with Crippen molar-refractivity contribution in [3.63, 3.8) is 0 Å². The van der Waals surface area contributed by atoms with Crippen molar-refractivity contribution in [2.45, 2.75) is 79.8 Å². The predicted molar refractivity (Wildman–Crippen MR) is 91.2 cm³/mol. The van der Waals surface area contributed by atoms with Crippen LogP contribution in [0.15, 0.2) is 23.8 Å². The molecule has 0 heterocycles. The molecule has 0 radical (unpaired) electrons. The summed E-state index contributed by atoms with van der Waals surface area (Å²) in [6.45, 7) is 12.6. The minimum absolute atomic E-state index is 0.0584. The molecule has 0 saturated carbocycles. The second kappa shape index (κ2) is 11.6. The molecule has 0 saturated heterocycles. The average molecular weight is 294 g/mol. The third-order valence-electron chi connectivity index (χ3n) is 3.75. The van der Waals surface area contributed by atoms with E-state index in [1.54, 1.807) is 6.08 Å². The molecule has 0 fully saturated rings. The van der Waals surface area contributed by atoms with Gasteiger partial charge < -0.3 is 4.74 Å². The molecule has 2 heteroatoms. The summed E-state index contributed by atoms with van der Waals surface area (Å²) in [5, 5.41) is 0. The second-order valence-electron chi connectivity index (χ2n) is 6.55. The molecule has 2 nitrogen and oxygen atoms in total. The third kappa shape index (κ3) is 12.4. The van der Waals surface area contributed by atoms with Crippen LogP contribution in [-0.2, 0) is 9.53 Å². The molecule has 0 N–H and O–H groups in total. The quantitative estimate of drug-likeness (QED) is 0.294. The van der Waals surface area contributed by atoms with E-state index in [2.05, 4.69) is 26.8 Å². The number of allylic oxidation sites excluding steroid dienone is 3. The number of ether oxygens (including phenoxy) is 1. The summed E-state index contributed by atoms with van der Waals surface area (Å²) in [6.07, 6.45) is 11.9. The first kappa shape index (κ1) is 19.9. The number of carbonyl (C=O) groups is 1. The van der Waals surface area contributed by atoms with Gasteiger partial charge in [-0.3, -0.25) is 0 Å². The fraction of sp³-hybridized carbons (Fsp3) is 0.737.